The van der Waals surface area contributed by atoms with E-state index in [1.54, 1.807) is 6.92 Å². The molecule has 0 atom stereocenters. The molecule has 122 valence electrons. The van der Waals surface area contributed by atoms with E-state index in [1.807, 2.05) is 6.92 Å². The van der Waals surface area contributed by atoms with Crippen molar-refractivity contribution in [2.45, 2.75) is 46.1 Å². The Balaban J connectivity index is 1.74. The fourth-order valence-electron chi connectivity index (χ4n) is 2.71. The largest absolute Gasteiger partial charge is 0.364 e. The number of carbonyl (C=O) groups excluding carboxylic acids is 1. The van der Waals surface area contributed by atoms with Crippen LogP contribution in [0.15, 0.2) is 11.1 Å². The van der Waals surface area contributed by atoms with Gasteiger partial charge >= 0.3 is 11.7 Å². The molecule has 0 fully saturated rings. The maximum absolute atomic E-state index is 12.0. The highest BCUT2D eigenvalue weighted by atomic mass is 16.2. The Hall–Kier alpha value is -2.71. The molecular weight excluding hydrogens is 298 g/mol. The Morgan fingerprint density at radius 3 is 2.83 bits per heavy atom. The van der Waals surface area contributed by atoms with E-state index in [9.17, 15) is 9.59 Å². The zero-order valence-corrected chi connectivity index (χ0v) is 13.2. The molecule has 1 aliphatic carbocycles. The summed E-state index contributed by atoms with van der Waals surface area (Å²) in [6, 6.07) is -0.585. The van der Waals surface area contributed by atoms with Crippen LogP contribution in [0.25, 0.3) is 0 Å². The number of nitrogens with one attached hydrogen (secondary N) is 2. The number of aromatic nitrogens is 5. The summed E-state index contributed by atoms with van der Waals surface area (Å²) in [6.45, 7) is 4.15. The third kappa shape index (κ3) is 3.08. The van der Waals surface area contributed by atoms with Gasteiger partial charge in [-0.2, -0.15) is 9.77 Å². The van der Waals surface area contributed by atoms with Crippen molar-refractivity contribution < 1.29 is 4.79 Å². The summed E-state index contributed by atoms with van der Waals surface area (Å²) in [5.74, 6) is 0.247. The van der Waals surface area contributed by atoms with Gasteiger partial charge in [-0.3, -0.25) is 5.32 Å². The Kier molecular flexibility index (Phi) is 4.09. The molecule has 23 heavy (non-hydrogen) atoms. The van der Waals surface area contributed by atoms with Gasteiger partial charge in [0.25, 0.3) is 0 Å². The van der Waals surface area contributed by atoms with E-state index in [-0.39, 0.29) is 5.95 Å². The molecule has 9 nitrogen and oxygen atoms in total. The molecule has 0 aromatic carbocycles. The summed E-state index contributed by atoms with van der Waals surface area (Å²) in [5.41, 5.74) is 5.06. The summed E-state index contributed by atoms with van der Waals surface area (Å²) in [5, 5.41) is 6.43. The minimum absolute atomic E-state index is 0.247. The lowest BCUT2D eigenvalue weighted by Crippen LogP contribution is -2.36. The van der Waals surface area contributed by atoms with Gasteiger partial charge in [-0.1, -0.05) is 0 Å². The second-order valence-electron chi connectivity index (χ2n) is 5.43. The quantitative estimate of drug-likeness (QED) is 0.871. The van der Waals surface area contributed by atoms with Crippen LogP contribution >= 0.6 is 0 Å². The summed E-state index contributed by atoms with van der Waals surface area (Å²) in [4.78, 5) is 32.6. The van der Waals surface area contributed by atoms with Crippen LogP contribution in [0.3, 0.4) is 0 Å². The molecule has 2 aromatic heterocycles. The number of hydrogen-bond donors (Lipinski definition) is 2. The molecule has 2 amide bonds. The summed E-state index contributed by atoms with van der Waals surface area (Å²) >= 11 is 0. The van der Waals surface area contributed by atoms with E-state index in [0.29, 0.717) is 6.54 Å². The van der Waals surface area contributed by atoms with Gasteiger partial charge in [0, 0.05) is 17.9 Å². The number of fused-ring (bicyclic) bond motifs is 1. The Morgan fingerprint density at radius 1 is 1.30 bits per heavy atom. The SMILES string of the molecule is CCn1ncn(NC(=O)Nc2nc(C)c3c(n2)CCCC3)c1=O. The molecular formula is C14H19N7O2. The topological polar surface area (TPSA) is 107 Å². The molecule has 0 saturated heterocycles. The van der Waals surface area contributed by atoms with Crippen LogP contribution < -0.4 is 16.4 Å². The van der Waals surface area contributed by atoms with E-state index >= 15 is 0 Å². The van der Waals surface area contributed by atoms with Crippen molar-refractivity contribution in [3.05, 3.63) is 33.8 Å². The molecule has 0 saturated carbocycles. The molecule has 1 aliphatic rings. The van der Waals surface area contributed by atoms with E-state index < -0.39 is 11.7 Å². The van der Waals surface area contributed by atoms with Crippen molar-refractivity contribution in [3.63, 3.8) is 0 Å². The number of carbonyl (C=O) groups is 1. The standard InChI is InChI=1S/C14H19N7O2/c1-3-20-14(23)21(8-15-20)19-13(22)18-12-16-9(2)10-6-4-5-7-11(10)17-12/h8H,3-7H2,1-2H3,(H2,16,17,18,19,22). The summed E-state index contributed by atoms with van der Waals surface area (Å²) in [7, 11) is 0. The Morgan fingerprint density at radius 2 is 2.09 bits per heavy atom. The van der Waals surface area contributed by atoms with Crippen LogP contribution in [0.5, 0.6) is 0 Å². The van der Waals surface area contributed by atoms with E-state index in [0.717, 1.165) is 41.7 Å². The number of aryl methyl sites for hydroxylation is 3. The lowest BCUT2D eigenvalue weighted by Gasteiger charge is -2.17. The lowest BCUT2D eigenvalue weighted by atomic mass is 9.95. The minimum atomic E-state index is -0.585. The van der Waals surface area contributed by atoms with Gasteiger partial charge in [0.1, 0.15) is 6.33 Å². The number of anilines is 1. The molecule has 9 heteroatoms. The van der Waals surface area contributed by atoms with Crippen LogP contribution in [-0.2, 0) is 19.4 Å². The van der Waals surface area contributed by atoms with Gasteiger partial charge < -0.3 is 0 Å². The van der Waals surface area contributed by atoms with Gasteiger partial charge in [0.05, 0.1) is 0 Å². The van der Waals surface area contributed by atoms with Crippen LogP contribution in [0, 0.1) is 6.92 Å². The Labute approximate surface area is 132 Å². The summed E-state index contributed by atoms with van der Waals surface area (Å²) < 4.78 is 2.25. The number of urea groups is 1. The van der Waals surface area contributed by atoms with Gasteiger partial charge in [-0.15, -0.1) is 0 Å². The highest BCUT2D eigenvalue weighted by molar-refractivity contribution is 5.93. The highest BCUT2D eigenvalue weighted by Gasteiger charge is 2.16. The van der Waals surface area contributed by atoms with Crippen LogP contribution in [0.2, 0.25) is 0 Å². The average molecular weight is 317 g/mol. The minimum Gasteiger partial charge on any atom is -0.275 e. The highest BCUT2D eigenvalue weighted by Crippen LogP contribution is 2.22. The van der Waals surface area contributed by atoms with Crippen molar-refractivity contribution in [3.8, 4) is 0 Å². The maximum Gasteiger partial charge on any atom is 0.364 e. The van der Waals surface area contributed by atoms with Crippen molar-refractivity contribution in [1.29, 1.82) is 0 Å². The molecule has 2 aromatic rings. The van der Waals surface area contributed by atoms with Crippen LogP contribution in [0.1, 0.15) is 36.7 Å². The zero-order valence-electron chi connectivity index (χ0n) is 13.2. The second kappa shape index (κ2) is 6.19. The number of nitrogens with zero attached hydrogens (tertiary/aromatic N) is 5. The lowest BCUT2D eigenvalue weighted by molar-refractivity contribution is 0.259. The normalized spacial score (nSPS) is 13.5. The van der Waals surface area contributed by atoms with Crippen molar-refractivity contribution in [2.24, 2.45) is 0 Å². The molecule has 3 rings (SSSR count). The van der Waals surface area contributed by atoms with E-state index in [4.69, 9.17) is 0 Å². The van der Waals surface area contributed by atoms with Gasteiger partial charge in [0.15, 0.2) is 0 Å². The van der Waals surface area contributed by atoms with E-state index in [2.05, 4.69) is 25.8 Å². The van der Waals surface area contributed by atoms with Crippen molar-refractivity contribution >= 4 is 12.0 Å². The van der Waals surface area contributed by atoms with Gasteiger partial charge in [0.2, 0.25) is 5.95 Å². The average Bonchev–Trinajstić information content (AvgIpc) is 2.87. The first-order chi connectivity index (χ1) is 11.1. The Bertz CT molecular complexity index is 793. The summed E-state index contributed by atoms with van der Waals surface area (Å²) in [6.07, 6.45) is 5.39. The van der Waals surface area contributed by atoms with Gasteiger partial charge in [-0.25, -0.2) is 29.7 Å². The van der Waals surface area contributed by atoms with Crippen molar-refractivity contribution in [1.82, 2.24) is 24.4 Å². The van der Waals surface area contributed by atoms with Crippen molar-refractivity contribution in [2.75, 3.05) is 10.7 Å². The molecule has 0 aliphatic heterocycles. The molecule has 0 bridgehead atoms. The zero-order chi connectivity index (χ0) is 16.4. The first-order valence-corrected chi connectivity index (χ1v) is 7.67. The number of rotatable bonds is 3. The molecule has 2 heterocycles. The monoisotopic (exact) mass is 317 g/mol. The third-order valence-electron chi connectivity index (χ3n) is 3.87. The molecule has 0 unspecified atom stereocenters. The van der Waals surface area contributed by atoms with Crippen LogP contribution in [-0.4, -0.2) is 30.5 Å². The predicted octanol–water partition coefficient (Wildman–Crippen LogP) is 0.818. The predicted molar refractivity (Wildman–Crippen MR) is 84.0 cm³/mol. The van der Waals surface area contributed by atoms with Gasteiger partial charge in [-0.05, 0) is 45.1 Å². The fraction of sp³-hybridized carbons (Fsp3) is 0.500. The molecule has 0 radical (unpaired) electrons. The second-order valence-corrected chi connectivity index (χ2v) is 5.43. The maximum atomic E-state index is 12.0. The number of amides is 2. The fourth-order valence-corrected chi connectivity index (χ4v) is 2.71. The van der Waals surface area contributed by atoms with E-state index in [1.165, 1.54) is 16.6 Å². The smallest absolute Gasteiger partial charge is 0.275 e. The van der Waals surface area contributed by atoms with Crippen LogP contribution in [0.4, 0.5) is 10.7 Å². The third-order valence-corrected chi connectivity index (χ3v) is 3.87. The first kappa shape index (κ1) is 15.2. The molecule has 2 N–H and O–H groups in total. The molecule has 0 spiro atoms. The number of hydrogen-bond acceptors (Lipinski definition) is 5. The first-order valence-electron chi connectivity index (χ1n) is 7.67.